The number of nitrogens with zero attached hydrogens (tertiary/aromatic N) is 1. The van der Waals surface area contributed by atoms with E-state index < -0.39 is 5.97 Å². The van der Waals surface area contributed by atoms with Crippen LogP contribution in [0.2, 0.25) is 0 Å². The summed E-state index contributed by atoms with van der Waals surface area (Å²) in [5.41, 5.74) is 7.36. The number of rotatable bonds is 4. The van der Waals surface area contributed by atoms with Crippen LogP contribution in [0.15, 0.2) is 42.5 Å². The van der Waals surface area contributed by atoms with Crippen molar-refractivity contribution >= 4 is 23.0 Å². The lowest BCUT2D eigenvalue weighted by Crippen LogP contribution is -2.19. The highest BCUT2D eigenvalue weighted by Crippen LogP contribution is 2.30. The monoisotopic (exact) mass is 274 g/mol. The predicted molar refractivity (Wildman–Crippen MR) is 76.9 cm³/mol. The van der Waals surface area contributed by atoms with Crippen molar-refractivity contribution in [2.75, 3.05) is 17.2 Å². The smallest absolute Gasteiger partial charge is 0.337 e. The molecular weight excluding hydrogens is 259 g/mol. The maximum atomic E-state index is 13.4. The van der Waals surface area contributed by atoms with Gasteiger partial charge in [-0.3, -0.25) is 0 Å². The minimum Gasteiger partial charge on any atom is -0.478 e. The fourth-order valence-electron chi connectivity index (χ4n) is 2.09. The molecule has 20 heavy (non-hydrogen) atoms. The highest BCUT2D eigenvalue weighted by Gasteiger charge is 2.17. The lowest BCUT2D eigenvalue weighted by Gasteiger charge is -2.25. The van der Waals surface area contributed by atoms with Crippen LogP contribution in [0.4, 0.5) is 21.5 Å². The van der Waals surface area contributed by atoms with Crippen molar-refractivity contribution < 1.29 is 14.3 Å². The highest BCUT2D eigenvalue weighted by molar-refractivity contribution is 5.96. The van der Waals surface area contributed by atoms with E-state index >= 15 is 0 Å². The molecule has 5 heteroatoms. The number of hydrogen-bond donors (Lipinski definition) is 2. The van der Waals surface area contributed by atoms with Gasteiger partial charge in [-0.25, -0.2) is 9.18 Å². The van der Waals surface area contributed by atoms with Gasteiger partial charge in [-0.05, 0) is 43.3 Å². The van der Waals surface area contributed by atoms with Crippen molar-refractivity contribution in [1.29, 1.82) is 0 Å². The predicted octanol–water partition coefficient (Wildman–Crippen LogP) is 3.26. The number of carboxylic acid groups (broad SMARTS) is 1. The Morgan fingerprint density at radius 2 is 2.05 bits per heavy atom. The zero-order valence-electron chi connectivity index (χ0n) is 11.0. The van der Waals surface area contributed by atoms with Gasteiger partial charge in [0.15, 0.2) is 0 Å². The van der Waals surface area contributed by atoms with Crippen molar-refractivity contribution in [2.24, 2.45) is 0 Å². The second-order valence-corrected chi connectivity index (χ2v) is 4.31. The average Bonchev–Trinajstić information content (AvgIpc) is 2.39. The summed E-state index contributed by atoms with van der Waals surface area (Å²) in [5.74, 6) is -1.42. The van der Waals surface area contributed by atoms with Gasteiger partial charge in [0.2, 0.25) is 0 Å². The zero-order chi connectivity index (χ0) is 14.7. The molecule has 4 nitrogen and oxygen atoms in total. The molecule has 0 saturated carbocycles. The van der Waals surface area contributed by atoms with Gasteiger partial charge >= 0.3 is 5.97 Å². The number of anilines is 3. The third-order valence-corrected chi connectivity index (χ3v) is 2.98. The Hall–Kier alpha value is -2.56. The molecule has 0 spiro atoms. The molecule has 0 aliphatic carbocycles. The highest BCUT2D eigenvalue weighted by atomic mass is 19.1. The molecule has 2 aromatic rings. The van der Waals surface area contributed by atoms with E-state index in [0.717, 1.165) is 0 Å². The molecule has 0 fully saturated rings. The van der Waals surface area contributed by atoms with Gasteiger partial charge in [0, 0.05) is 17.9 Å². The minimum absolute atomic E-state index is 0.130. The Balaban J connectivity index is 2.57. The van der Waals surface area contributed by atoms with Crippen LogP contribution in [0.5, 0.6) is 0 Å². The minimum atomic E-state index is -1.05. The normalized spacial score (nSPS) is 10.3. The quantitative estimate of drug-likeness (QED) is 0.840. The average molecular weight is 274 g/mol. The summed E-state index contributed by atoms with van der Waals surface area (Å²) in [6, 6.07) is 10.6. The molecule has 0 aliphatic rings. The van der Waals surface area contributed by atoms with Crippen LogP contribution in [0.25, 0.3) is 0 Å². The zero-order valence-corrected chi connectivity index (χ0v) is 11.0. The number of carbonyl (C=O) groups is 1. The maximum Gasteiger partial charge on any atom is 0.337 e. The number of halogens is 1. The van der Waals surface area contributed by atoms with Gasteiger partial charge in [-0.1, -0.05) is 6.07 Å². The van der Waals surface area contributed by atoms with Crippen LogP contribution in [-0.2, 0) is 0 Å². The second-order valence-electron chi connectivity index (χ2n) is 4.31. The summed E-state index contributed by atoms with van der Waals surface area (Å²) in [6.07, 6.45) is 0. The van der Waals surface area contributed by atoms with Crippen LogP contribution >= 0.6 is 0 Å². The standard InChI is InChI=1S/C15H15FN2O2/c1-2-18(12-5-3-4-10(16)8-12)14-9-11(17)6-7-13(14)15(19)20/h3-9H,2,17H2,1H3,(H,19,20). The molecule has 3 N–H and O–H groups in total. The van der Waals surface area contributed by atoms with Crippen molar-refractivity contribution in [3.63, 3.8) is 0 Å². The third-order valence-electron chi connectivity index (χ3n) is 2.98. The van der Waals surface area contributed by atoms with Crippen molar-refractivity contribution in [3.8, 4) is 0 Å². The fraction of sp³-hybridized carbons (Fsp3) is 0.133. The molecule has 0 unspecified atom stereocenters. The first-order valence-corrected chi connectivity index (χ1v) is 6.19. The first-order valence-electron chi connectivity index (χ1n) is 6.19. The van der Waals surface area contributed by atoms with E-state index in [1.54, 1.807) is 23.1 Å². The molecule has 2 rings (SSSR count). The fourth-order valence-corrected chi connectivity index (χ4v) is 2.09. The largest absolute Gasteiger partial charge is 0.478 e. The van der Waals surface area contributed by atoms with Gasteiger partial charge in [-0.15, -0.1) is 0 Å². The number of hydrogen-bond acceptors (Lipinski definition) is 3. The van der Waals surface area contributed by atoms with Crippen LogP contribution in [0, 0.1) is 5.82 Å². The van der Waals surface area contributed by atoms with Crippen molar-refractivity contribution in [2.45, 2.75) is 6.92 Å². The molecular formula is C15H15FN2O2. The molecule has 0 aliphatic heterocycles. The Bertz CT molecular complexity index is 644. The van der Waals surface area contributed by atoms with Gasteiger partial charge in [-0.2, -0.15) is 0 Å². The lowest BCUT2D eigenvalue weighted by molar-refractivity contribution is 0.0697. The van der Waals surface area contributed by atoms with Crippen molar-refractivity contribution in [1.82, 2.24) is 0 Å². The molecule has 104 valence electrons. The summed E-state index contributed by atoms with van der Waals surface area (Å²) < 4.78 is 13.4. The Morgan fingerprint density at radius 1 is 1.30 bits per heavy atom. The van der Waals surface area contributed by atoms with E-state index in [1.165, 1.54) is 24.3 Å². The van der Waals surface area contributed by atoms with E-state index in [-0.39, 0.29) is 11.4 Å². The van der Waals surface area contributed by atoms with E-state index in [9.17, 15) is 14.3 Å². The van der Waals surface area contributed by atoms with Gasteiger partial charge < -0.3 is 15.7 Å². The summed E-state index contributed by atoms with van der Waals surface area (Å²) in [5, 5.41) is 9.26. The van der Waals surface area contributed by atoms with E-state index in [1.807, 2.05) is 6.92 Å². The van der Waals surface area contributed by atoms with Crippen LogP contribution in [-0.4, -0.2) is 17.6 Å². The first kappa shape index (κ1) is 13.9. The van der Waals surface area contributed by atoms with E-state index in [2.05, 4.69) is 0 Å². The number of aromatic carboxylic acids is 1. The number of carboxylic acids is 1. The molecule has 0 radical (unpaired) electrons. The molecule has 0 atom stereocenters. The Kier molecular flexibility index (Phi) is 3.89. The van der Waals surface area contributed by atoms with E-state index in [0.29, 0.717) is 23.6 Å². The topological polar surface area (TPSA) is 66.6 Å². The summed E-state index contributed by atoms with van der Waals surface area (Å²) >= 11 is 0. The number of benzene rings is 2. The molecule has 0 saturated heterocycles. The number of nitrogen functional groups attached to an aromatic ring is 1. The summed E-state index contributed by atoms with van der Waals surface area (Å²) in [7, 11) is 0. The number of nitrogens with two attached hydrogens (primary N) is 1. The molecule has 0 heterocycles. The maximum absolute atomic E-state index is 13.4. The molecule has 0 bridgehead atoms. The van der Waals surface area contributed by atoms with Gasteiger partial charge in [0.05, 0.1) is 11.3 Å². The Morgan fingerprint density at radius 3 is 2.65 bits per heavy atom. The third kappa shape index (κ3) is 2.71. The van der Waals surface area contributed by atoms with Crippen LogP contribution < -0.4 is 10.6 Å². The second kappa shape index (κ2) is 5.61. The van der Waals surface area contributed by atoms with Gasteiger partial charge in [0.25, 0.3) is 0 Å². The summed E-state index contributed by atoms with van der Waals surface area (Å²) in [6.45, 7) is 2.35. The molecule has 2 aromatic carbocycles. The van der Waals surface area contributed by atoms with Crippen LogP contribution in [0.1, 0.15) is 17.3 Å². The van der Waals surface area contributed by atoms with Gasteiger partial charge in [0.1, 0.15) is 5.82 Å². The lowest BCUT2D eigenvalue weighted by atomic mass is 10.1. The van der Waals surface area contributed by atoms with E-state index in [4.69, 9.17) is 5.73 Å². The SMILES string of the molecule is CCN(c1cccc(F)c1)c1cc(N)ccc1C(=O)O. The first-order chi connectivity index (χ1) is 9.52. The Labute approximate surface area is 116 Å². The molecule has 0 amide bonds. The van der Waals surface area contributed by atoms with Crippen molar-refractivity contribution in [3.05, 3.63) is 53.8 Å². The summed E-state index contributed by atoms with van der Waals surface area (Å²) in [4.78, 5) is 13.0. The molecule has 0 aromatic heterocycles. The van der Waals surface area contributed by atoms with Crippen LogP contribution in [0.3, 0.4) is 0 Å².